The highest BCUT2D eigenvalue weighted by Gasteiger charge is 2.01. The van der Waals surface area contributed by atoms with Crippen LogP contribution in [0.15, 0.2) is 41.3 Å². The van der Waals surface area contributed by atoms with Gasteiger partial charge in [0.1, 0.15) is 0 Å². The molecule has 0 saturated carbocycles. The maximum absolute atomic E-state index is 2.23. The summed E-state index contributed by atoms with van der Waals surface area (Å²) in [5.74, 6) is 1.44. The Balaban J connectivity index is 0.000000160. The van der Waals surface area contributed by atoms with Crippen molar-refractivity contribution in [1.82, 2.24) is 0 Å². The Morgan fingerprint density at radius 1 is 1.12 bits per heavy atom. The van der Waals surface area contributed by atoms with Crippen LogP contribution >= 0.6 is 11.3 Å². The minimum absolute atomic E-state index is 0.704. The van der Waals surface area contributed by atoms with Crippen LogP contribution in [0.4, 0.5) is 0 Å². The van der Waals surface area contributed by atoms with E-state index in [1.54, 1.807) is 5.57 Å². The first kappa shape index (κ1) is 13.2. The van der Waals surface area contributed by atoms with Crippen molar-refractivity contribution in [1.29, 1.82) is 0 Å². The summed E-state index contributed by atoms with van der Waals surface area (Å²) in [5, 5.41) is 2.12. The van der Waals surface area contributed by atoms with E-state index in [0.29, 0.717) is 5.92 Å². The monoisotopic (exact) mass is 234 g/mol. The minimum atomic E-state index is 0.704. The SMILES string of the molecule is CC(C)C1=CC=CC1.CC(C)c1cccs1. The number of hydrogen-bond donors (Lipinski definition) is 0. The van der Waals surface area contributed by atoms with Crippen molar-refractivity contribution in [3.05, 3.63) is 46.2 Å². The van der Waals surface area contributed by atoms with Gasteiger partial charge in [0.25, 0.3) is 0 Å². The average molecular weight is 234 g/mol. The van der Waals surface area contributed by atoms with Crippen LogP contribution in [0, 0.1) is 5.92 Å². The second-order valence-corrected chi connectivity index (χ2v) is 5.68. The van der Waals surface area contributed by atoms with Gasteiger partial charge in [-0.3, -0.25) is 0 Å². The molecule has 0 nitrogen and oxygen atoms in total. The molecule has 88 valence electrons. The molecule has 0 unspecified atom stereocenters. The Morgan fingerprint density at radius 2 is 1.88 bits per heavy atom. The number of allylic oxidation sites excluding steroid dienone is 4. The summed E-state index contributed by atoms with van der Waals surface area (Å²) in [4.78, 5) is 1.48. The van der Waals surface area contributed by atoms with E-state index in [0.717, 1.165) is 5.92 Å². The largest absolute Gasteiger partial charge is 0.149 e. The van der Waals surface area contributed by atoms with E-state index in [2.05, 4.69) is 63.4 Å². The van der Waals surface area contributed by atoms with Crippen molar-refractivity contribution in [2.45, 2.75) is 40.0 Å². The lowest BCUT2D eigenvalue weighted by Crippen LogP contribution is -1.88. The lowest BCUT2D eigenvalue weighted by Gasteiger charge is -2.02. The third-order valence-corrected chi connectivity index (χ3v) is 3.83. The van der Waals surface area contributed by atoms with Crippen LogP contribution in [-0.4, -0.2) is 0 Å². The van der Waals surface area contributed by atoms with E-state index in [9.17, 15) is 0 Å². The highest BCUT2D eigenvalue weighted by molar-refractivity contribution is 7.10. The Labute approximate surface area is 104 Å². The van der Waals surface area contributed by atoms with Crippen molar-refractivity contribution in [2.24, 2.45) is 5.92 Å². The lowest BCUT2D eigenvalue weighted by atomic mass is 10.0. The molecule has 0 fully saturated rings. The van der Waals surface area contributed by atoms with Crippen molar-refractivity contribution in [3.8, 4) is 0 Å². The molecule has 0 spiro atoms. The van der Waals surface area contributed by atoms with Crippen molar-refractivity contribution in [3.63, 3.8) is 0 Å². The van der Waals surface area contributed by atoms with E-state index in [-0.39, 0.29) is 0 Å². The third-order valence-electron chi connectivity index (χ3n) is 2.65. The Morgan fingerprint density at radius 3 is 2.12 bits per heavy atom. The molecule has 0 aromatic carbocycles. The molecule has 1 heteroatoms. The van der Waals surface area contributed by atoms with Crippen LogP contribution < -0.4 is 0 Å². The van der Waals surface area contributed by atoms with Gasteiger partial charge in [0, 0.05) is 4.88 Å². The molecule has 1 aromatic heterocycles. The molecule has 1 heterocycles. The summed E-state index contributed by atoms with van der Waals surface area (Å²) in [7, 11) is 0. The molecule has 0 atom stereocenters. The van der Waals surface area contributed by atoms with Gasteiger partial charge in [0.05, 0.1) is 0 Å². The Hall–Kier alpha value is -0.820. The first-order valence-electron chi connectivity index (χ1n) is 6.00. The normalized spacial score (nSPS) is 14.0. The molecule has 1 aliphatic rings. The predicted octanol–water partition coefficient (Wildman–Crippen LogP) is 5.40. The molecule has 0 amide bonds. The number of hydrogen-bond acceptors (Lipinski definition) is 1. The predicted molar refractivity (Wildman–Crippen MR) is 75.1 cm³/mol. The zero-order chi connectivity index (χ0) is 12.0. The second-order valence-electron chi connectivity index (χ2n) is 4.70. The van der Waals surface area contributed by atoms with Crippen LogP contribution in [0.1, 0.15) is 44.9 Å². The molecule has 1 aliphatic carbocycles. The summed E-state index contributed by atoms with van der Waals surface area (Å²) in [6, 6.07) is 4.27. The van der Waals surface area contributed by atoms with Crippen molar-refractivity contribution < 1.29 is 0 Å². The zero-order valence-corrected chi connectivity index (χ0v) is 11.6. The minimum Gasteiger partial charge on any atom is -0.149 e. The van der Waals surface area contributed by atoms with E-state index in [4.69, 9.17) is 0 Å². The molecule has 0 aliphatic heterocycles. The standard InChI is InChI=1S/C8H12.C7H10S/c1-7(2)8-5-3-4-6-8;1-6(2)7-4-3-5-8-7/h3-5,7H,6H2,1-2H3;3-6H,1-2H3. The first-order valence-corrected chi connectivity index (χ1v) is 6.88. The molecule has 0 bridgehead atoms. The topological polar surface area (TPSA) is 0 Å². The number of thiophene rings is 1. The summed E-state index contributed by atoms with van der Waals surface area (Å²) in [6.07, 6.45) is 7.73. The first-order chi connectivity index (χ1) is 7.61. The van der Waals surface area contributed by atoms with Gasteiger partial charge in [-0.2, -0.15) is 0 Å². The van der Waals surface area contributed by atoms with Crippen LogP contribution in [0.5, 0.6) is 0 Å². The highest BCUT2D eigenvalue weighted by Crippen LogP contribution is 2.19. The second kappa shape index (κ2) is 6.70. The van der Waals surface area contributed by atoms with Gasteiger partial charge in [-0.05, 0) is 29.7 Å². The van der Waals surface area contributed by atoms with Gasteiger partial charge in [-0.15, -0.1) is 11.3 Å². The summed E-state index contributed by atoms with van der Waals surface area (Å²) in [6.45, 7) is 8.90. The zero-order valence-electron chi connectivity index (χ0n) is 10.7. The van der Waals surface area contributed by atoms with Crippen molar-refractivity contribution in [2.75, 3.05) is 0 Å². The van der Waals surface area contributed by atoms with Crippen LogP contribution in [0.2, 0.25) is 0 Å². The molecule has 0 radical (unpaired) electrons. The molecule has 0 saturated heterocycles. The van der Waals surface area contributed by atoms with Crippen LogP contribution in [0.25, 0.3) is 0 Å². The molecular weight excluding hydrogens is 212 g/mol. The molecular formula is C15H22S. The van der Waals surface area contributed by atoms with E-state index < -0.39 is 0 Å². The molecule has 2 rings (SSSR count). The van der Waals surface area contributed by atoms with Gasteiger partial charge >= 0.3 is 0 Å². The fourth-order valence-corrected chi connectivity index (χ4v) is 2.26. The highest BCUT2D eigenvalue weighted by atomic mass is 32.1. The molecule has 16 heavy (non-hydrogen) atoms. The molecule has 1 aromatic rings. The summed E-state index contributed by atoms with van der Waals surface area (Å²) in [5.41, 5.74) is 1.56. The lowest BCUT2D eigenvalue weighted by molar-refractivity contribution is 0.753. The summed E-state index contributed by atoms with van der Waals surface area (Å²) < 4.78 is 0. The van der Waals surface area contributed by atoms with Gasteiger partial charge in [0.15, 0.2) is 0 Å². The molecule has 0 N–H and O–H groups in total. The quantitative estimate of drug-likeness (QED) is 0.642. The fraction of sp³-hybridized carbons (Fsp3) is 0.467. The van der Waals surface area contributed by atoms with Gasteiger partial charge in [-0.25, -0.2) is 0 Å². The van der Waals surface area contributed by atoms with E-state index in [1.807, 2.05) is 11.3 Å². The van der Waals surface area contributed by atoms with E-state index in [1.165, 1.54) is 11.3 Å². The Kier molecular flexibility index (Phi) is 5.54. The third kappa shape index (κ3) is 4.36. The smallest absolute Gasteiger partial charge is 0.00706 e. The van der Waals surface area contributed by atoms with Gasteiger partial charge in [0.2, 0.25) is 0 Å². The van der Waals surface area contributed by atoms with Gasteiger partial charge < -0.3 is 0 Å². The van der Waals surface area contributed by atoms with Crippen molar-refractivity contribution >= 4 is 11.3 Å². The van der Waals surface area contributed by atoms with Crippen LogP contribution in [-0.2, 0) is 0 Å². The maximum atomic E-state index is 2.23. The van der Waals surface area contributed by atoms with E-state index >= 15 is 0 Å². The summed E-state index contributed by atoms with van der Waals surface area (Å²) >= 11 is 1.83. The average Bonchev–Trinajstić information content (AvgIpc) is 2.93. The maximum Gasteiger partial charge on any atom is 0.00706 e. The Bertz CT molecular complexity index is 340. The number of rotatable bonds is 2. The van der Waals surface area contributed by atoms with Gasteiger partial charge in [-0.1, -0.05) is 57.6 Å². The fourth-order valence-electron chi connectivity index (χ4n) is 1.51. The van der Waals surface area contributed by atoms with Crippen LogP contribution in [0.3, 0.4) is 0 Å².